The van der Waals surface area contributed by atoms with Gasteiger partial charge in [-0.15, -0.1) is 0 Å². The van der Waals surface area contributed by atoms with Crippen LogP contribution < -0.4 is 0 Å². The number of benzene rings is 2. The Morgan fingerprint density at radius 2 is 1.38 bits per heavy atom. The van der Waals surface area contributed by atoms with Gasteiger partial charge in [0.1, 0.15) is 5.78 Å². The fourth-order valence-electron chi connectivity index (χ4n) is 2.64. The highest BCUT2D eigenvalue weighted by Crippen LogP contribution is 2.23. The maximum Gasteiger partial charge on any atom is 0.394 e. The number of hydrogen-bond acceptors (Lipinski definition) is 3. The predicted molar refractivity (Wildman–Crippen MR) is 108 cm³/mol. The molecule has 5 nitrogen and oxygen atoms in total. The van der Waals surface area contributed by atoms with Crippen LogP contribution in [0.5, 0.6) is 0 Å². The summed E-state index contributed by atoms with van der Waals surface area (Å²) in [4.78, 5) is 11.0. The first kappa shape index (κ1) is 21.0. The molecule has 0 aliphatic heterocycles. The summed E-state index contributed by atoms with van der Waals surface area (Å²) in [5, 5.41) is 0. The van der Waals surface area contributed by atoms with E-state index in [-0.39, 0.29) is 0 Å². The van der Waals surface area contributed by atoms with Crippen molar-refractivity contribution in [2.45, 2.75) is 19.3 Å². The SMILES string of the molecule is Brc1ccc2c(c1)C=CC2.O=C1Cc2ccc(Br)cc2C1.O=S(=O)(O)O. The fraction of sp³-hybridized carbons (Fsp3) is 0.167. The molecule has 2 aromatic rings. The van der Waals surface area contributed by atoms with Gasteiger partial charge in [0, 0.05) is 21.8 Å². The zero-order valence-electron chi connectivity index (χ0n) is 13.5. The van der Waals surface area contributed by atoms with Crippen molar-refractivity contribution < 1.29 is 22.3 Å². The van der Waals surface area contributed by atoms with Crippen LogP contribution in [0.4, 0.5) is 0 Å². The summed E-state index contributed by atoms with van der Waals surface area (Å²) in [6.07, 6.45) is 6.71. The van der Waals surface area contributed by atoms with Crippen LogP contribution in [-0.4, -0.2) is 23.3 Å². The van der Waals surface area contributed by atoms with Crippen molar-refractivity contribution in [2.24, 2.45) is 0 Å². The summed E-state index contributed by atoms with van der Waals surface area (Å²) in [7, 11) is -4.67. The van der Waals surface area contributed by atoms with E-state index >= 15 is 0 Å². The van der Waals surface area contributed by atoms with Crippen molar-refractivity contribution in [3.05, 3.63) is 73.7 Å². The van der Waals surface area contributed by atoms with E-state index in [1.165, 1.54) is 22.3 Å². The molecule has 0 radical (unpaired) electrons. The van der Waals surface area contributed by atoms with Crippen molar-refractivity contribution in [2.75, 3.05) is 0 Å². The number of Topliss-reactive ketones (excluding diaryl/α,β-unsaturated/α-hetero) is 1. The van der Waals surface area contributed by atoms with Crippen molar-refractivity contribution in [3.8, 4) is 0 Å². The van der Waals surface area contributed by atoms with Gasteiger partial charge in [-0.1, -0.05) is 56.1 Å². The Kier molecular flexibility index (Phi) is 7.31. The van der Waals surface area contributed by atoms with Crippen LogP contribution in [0.15, 0.2) is 51.4 Å². The van der Waals surface area contributed by atoms with E-state index in [0.29, 0.717) is 18.6 Å². The van der Waals surface area contributed by atoms with Crippen LogP contribution in [0.1, 0.15) is 22.3 Å². The summed E-state index contributed by atoms with van der Waals surface area (Å²) in [5.41, 5.74) is 5.17. The third-order valence-corrected chi connectivity index (χ3v) is 4.67. The number of fused-ring (bicyclic) bond motifs is 2. The topological polar surface area (TPSA) is 91.7 Å². The van der Waals surface area contributed by atoms with E-state index < -0.39 is 10.4 Å². The molecular formula is C18H16Br2O5S. The van der Waals surface area contributed by atoms with Gasteiger partial charge in [0.2, 0.25) is 0 Å². The molecule has 26 heavy (non-hydrogen) atoms. The molecule has 2 aliphatic rings. The smallest absolute Gasteiger partial charge is 0.299 e. The van der Waals surface area contributed by atoms with Gasteiger partial charge in [0.05, 0.1) is 0 Å². The normalized spacial score (nSPS) is 13.9. The molecule has 4 rings (SSSR count). The molecule has 8 heteroatoms. The third kappa shape index (κ3) is 7.13. The molecule has 2 aliphatic carbocycles. The summed E-state index contributed by atoms with van der Waals surface area (Å²) >= 11 is 6.80. The van der Waals surface area contributed by atoms with Gasteiger partial charge in [0.15, 0.2) is 0 Å². The summed E-state index contributed by atoms with van der Waals surface area (Å²) in [6.45, 7) is 0. The Bertz CT molecular complexity index is 944. The maximum atomic E-state index is 11.0. The molecular weight excluding hydrogens is 488 g/mol. The quantitative estimate of drug-likeness (QED) is 0.517. The van der Waals surface area contributed by atoms with Crippen LogP contribution >= 0.6 is 31.9 Å². The molecule has 0 spiro atoms. The van der Waals surface area contributed by atoms with Crippen molar-refractivity contribution in [1.82, 2.24) is 0 Å². The molecule has 0 bridgehead atoms. The lowest BCUT2D eigenvalue weighted by Gasteiger charge is -1.96. The van der Waals surface area contributed by atoms with Crippen molar-refractivity contribution in [3.63, 3.8) is 0 Å². The molecule has 0 saturated heterocycles. The Hall–Kier alpha value is -1.32. The van der Waals surface area contributed by atoms with E-state index in [4.69, 9.17) is 17.5 Å². The highest BCUT2D eigenvalue weighted by Gasteiger charge is 2.17. The van der Waals surface area contributed by atoms with Crippen molar-refractivity contribution in [1.29, 1.82) is 0 Å². The molecule has 0 fully saturated rings. The molecule has 2 N–H and O–H groups in total. The van der Waals surface area contributed by atoms with Crippen LogP contribution in [0.2, 0.25) is 0 Å². The Morgan fingerprint density at radius 1 is 0.846 bits per heavy atom. The minimum absolute atomic E-state index is 0.332. The van der Waals surface area contributed by atoms with Gasteiger partial charge >= 0.3 is 10.4 Å². The first-order chi connectivity index (χ1) is 12.1. The van der Waals surface area contributed by atoms with Gasteiger partial charge in [-0.25, -0.2) is 0 Å². The molecule has 138 valence electrons. The molecule has 2 aromatic carbocycles. The monoisotopic (exact) mass is 502 g/mol. The van der Waals surface area contributed by atoms with Gasteiger partial charge in [0.25, 0.3) is 0 Å². The molecule has 0 atom stereocenters. The number of hydrogen-bond donors (Lipinski definition) is 2. The van der Waals surface area contributed by atoms with E-state index in [1.807, 2.05) is 18.2 Å². The number of rotatable bonds is 0. The van der Waals surface area contributed by atoms with E-state index in [0.717, 1.165) is 15.4 Å². The maximum absolute atomic E-state index is 11.0. The minimum Gasteiger partial charge on any atom is -0.299 e. The first-order valence-corrected chi connectivity index (χ1v) is 10.5. The number of ketones is 1. The second-order valence-electron chi connectivity index (χ2n) is 5.70. The lowest BCUT2D eigenvalue weighted by atomic mass is 10.1. The van der Waals surface area contributed by atoms with Crippen LogP contribution in [0.3, 0.4) is 0 Å². The summed E-state index contributed by atoms with van der Waals surface area (Å²) < 4.78 is 33.8. The zero-order valence-corrected chi connectivity index (χ0v) is 17.5. The minimum atomic E-state index is -4.67. The average molecular weight is 504 g/mol. The van der Waals surface area contributed by atoms with E-state index in [9.17, 15) is 4.79 Å². The predicted octanol–water partition coefficient (Wildman–Crippen LogP) is 4.48. The lowest BCUT2D eigenvalue weighted by molar-refractivity contribution is -0.117. The number of allylic oxidation sites excluding steroid dienone is 1. The molecule has 0 aromatic heterocycles. The highest BCUT2D eigenvalue weighted by molar-refractivity contribution is 9.10. The van der Waals surface area contributed by atoms with Gasteiger partial charge in [-0.05, 0) is 52.9 Å². The fourth-order valence-corrected chi connectivity index (χ4v) is 3.43. The summed E-state index contributed by atoms with van der Waals surface area (Å²) in [6, 6.07) is 12.4. The standard InChI is InChI=1S/C9H7BrO.C9H7Br.H2O4S/c10-8-2-1-6-4-9(11)5-7(6)3-8;10-9-5-4-7-2-1-3-8(7)6-9;1-5(2,3)4/h1-3H,4-5H2;1,3-6H,2H2;(H2,1,2,3,4). The second-order valence-corrected chi connectivity index (χ2v) is 8.43. The van der Waals surface area contributed by atoms with E-state index in [1.54, 1.807) is 0 Å². The second kappa shape index (κ2) is 9.05. The average Bonchev–Trinajstić information content (AvgIpc) is 3.10. The summed E-state index contributed by atoms with van der Waals surface area (Å²) in [5.74, 6) is 0.332. The van der Waals surface area contributed by atoms with Crippen LogP contribution in [0, 0.1) is 0 Å². The Labute approximate surface area is 169 Å². The van der Waals surface area contributed by atoms with Crippen molar-refractivity contribution >= 4 is 54.1 Å². The highest BCUT2D eigenvalue weighted by atomic mass is 79.9. The number of carbonyl (C=O) groups excluding carboxylic acids is 1. The third-order valence-electron chi connectivity index (χ3n) is 3.69. The molecule has 0 saturated carbocycles. The van der Waals surface area contributed by atoms with Crippen LogP contribution in [0.25, 0.3) is 6.08 Å². The zero-order chi connectivity index (χ0) is 19.3. The molecule has 0 heterocycles. The van der Waals surface area contributed by atoms with Gasteiger partial charge < -0.3 is 0 Å². The Morgan fingerprint density at radius 3 is 2.04 bits per heavy atom. The molecule has 0 amide bonds. The number of halogens is 2. The molecule has 0 unspecified atom stereocenters. The Balaban J connectivity index is 0.000000151. The largest absolute Gasteiger partial charge is 0.394 e. The first-order valence-electron chi connectivity index (χ1n) is 7.55. The van der Waals surface area contributed by atoms with Crippen LogP contribution in [-0.2, 0) is 34.5 Å². The lowest BCUT2D eigenvalue weighted by Crippen LogP contribution is -1.92. The van der Waals surface area contributed by atoms with Gasteiger partial charge in [-0.2, -0.15) is 8.42 Å². The number of carbonyl (C=O) groups is 1. The van der Waals surface area contributed by atoms with Gasteiger partial charge in [-0.3, -0.25) is 13.9 Å². The van der Waals surface area contributed by atoms with E-state index in [2.05, 4.69) is 62.2 Å².